The van der Waals surface area contributed by atoms with Gasteiger partial charge in [-0.1, -0.05) is 12.1 Å². The van der Waals surface area contributed by atoms with Crippen LogP contribution in [-0.2, 0) is 12.7 Å². The van der Waals surface area contributed by atoms with Crippen molar-refractivity contribution in [3.05, 3.63) is 56.2 Å². The van der Waals surface area contributed by atoms with Gasteiger partial charge in [0.2, 0.25) is 0 Å². The summed E-state index contributed by atoms with van der Waals surface area (Å²) in [5.41, 5.74) is 0.226. The summed E-state index contributed by atoms with van der Waals surface area (Å²) < 4.78 is 38.5. The second-order valence-electron chi connectivity index (χ2n) is 4.45. The summed E-state index contributed by atoms with van der Waals surface area (Å²) in [4.78, 5) is 1.18. The van der Waals surface area contributed by atoms with Crippen molar-refractivity contribution < 1.29 is 13.2 Å². The van der Waals surface area contributed by atoms with Gasteiger partial charge in [0.25, 0.3) is 0 Å². The maximum Gasteiger partial charge on any atom is 0.416 e. The van der Waals surface area contributed by atoms with Crippen LogP contribution in [0.4, 0.5) is 13.2 Å². The minimum Gasteiger partial charge on any atom is -0.305 e. The van der Waals surface area contributed by atoms with Gasteiger partial charge in [-0.2, -0.15) is 13.2 Å². The molecule has 1 heterocycles. The van der Waals surface area contributed by atoms with Crippen molar-refractivity contribution in [2.45, 2.75) is 25.7 Å². The van der Waals surface area contributed by atoms with E-state index in [0.717, 1.165) is 22.2 Å². The zero-order valence-corrected chi connectivity index (χ0v) is 13.1. The second kappa shape index (κ2) is 6.28. The van der Waals surface area contributed by atoms with Crippen molar-refractivity contribution in [1.29, 1.82) is 0 Å². The predicted molar refractivity (Wildman–Crippen MR) is 78.7 cm³/mol. The molecule has 2 rings (SSSR count). The summed E-state index contributed by atoms with van der Waals surface area (Å²) in [6, 6.07) is 7.30. The van der Waals surface area contributed by atoms with Gasteiger partial charge in [0.05, 0.1) is 5.56 Å². The summed E-state index contributed by atoms with van der Waals surface area (Å²) in [6.07, 6.45) is -4.28. The Morgan fingerprint density at radius 3 is 2.40 bits per heavy atom. The largest absolute Gasteiger partial charge is 0.416 e. The molecule has 6 heteroatoms. The van der Waals surface area contributed by atoms with Crippen LogP contribution < -0.4 is 5.32 Å². The van der Waals surface area contributed by atoms with Crippen LogP contribution in [0.5, 0.6) is 0 Å². The molecular weight excluding hydrogens is 351 g/mol. The van der Waals surface area contributed by atoms with Crippen LogP contribution in [0.3, 0.4) is 0 Å². The van der Waals surface area contributed by atoms with Crippen molar-refractivity contribution in [3.63, 3.8) is 0 Å². The van der Waals surface area contributed by atoms with Crippen LogP contribution in [0.25, 0.3) is 0 Å². The normalized spacial score (nSPS) is 13.4. The Kier molecular flexibility index (Phi) is 4.88. The molecular formula is C14H13BrF3NS. The first-order valence-electron chi connectivity index (χ1n) is 5.99. The summed E-state index contributed by atoms with van der Waals surface area (Å²) in [7, 11) is 0. The zero-order valence-electron chi connectivity index (χ0n) is 10.7. The number of thiophene rings is 1. The predicted octanol–water partition coefficient (Wildman–Crippen LogP) is 5.38. The molecule has 0 aliphatic rings. The third-order valence-corrected chi connectivity index (χ3v) is 4.64. The van der Waals surface area contributed by atoms with Gasteiger partial charge in [-0.05, 0) is 46.6 Å². The quantitative estimate of drug-likeness (QED) is 0.768. The first-order chi connectivity index (χ1) is 9.36. The third kappa shape index (κ3) is 4.07. The van der Waals surface area contributed by atoms with Gasteiger partial charge < -0.3 is 5.32 Å². The van der Waals surface area contributed by atoms with Gasteiger partial charge in [0.1, 0.15) is 0 Å². The lowest BCUT2D eigenvalue weighted by molar-refractivity contribution is -0.137. The molecule has 0 radical (unpaired) electrons. The maximum atomic E-state index is 12.5. The van der Waals surface area contributed by atoms with Gasteiger partial charge in [-0.3, -0.25) is 0 Å². The fourth-order valence-corrected chi connectivity index (χ4v) is 3.18. The highest BCUT2D eigenvalue weighted by Gasteiger charge is 2.30. The second-order valence-corrected chi connectivity index (χ2v) is 6.37. The fraction of sp³-hybridized carbons (Fsp3) is 0.286. The van der Waals surface area contributed by atoms with Gasteiger partial charge in [-0.15, -0.1) is 11.3 Å². The molecule has 0 saturated carbocycles. The molecule has 2 aromatic rings. The Balaban J connectivity index is 1.97. The minimum absolute atomic E-state index is 0.00170. The van der Waals surface area contributed by atoms with E-state index in [-0.39, 0.29) is 6.04 Å². The van der Waals surface area contributed by atoms with Crippen LogP contribution in [0, 0.1) is 0 Å². The number of hydrogen-bond acceptors (Lipinski definition) is 2. The molecule has 0 amide bonds. The zero-order chi connectivity index (χ0) is 14.8. The smallest absolute Gasteiger partial charge is 0.305 e. The van der Waals surface area contributed by atoms with Gasteiger partial charge in [-0.25, -0.2) is 0 Å². The first-order valence-corrected chi connectivity index (χ1v) is 7.67. The lowest BCUT2D eigenvalue weighted by Crippen LogP contribution is -2.17. The molecule has 1 N–H and O–H groups in total. The Bertz CT molecular complexity index is 563. The standard InChI is InChI=1S/C14H13BrF3NS/c1-9(19-7-13-6-12(15)8-20-13)10-2-4-11(5-3-10)14(16,17)18/h2-6,8-9,19H,7H2,1H3. The fourth-order valence-electron chi connectivity index (χ4n) is 1.78. The molecule has 0 aliphatic heterocycles. The summed E-state index contributed by atoms with van der Waals surface area (Å²) in [5, 5.41) is 5.29. The Morgan fingerprint density at radius 1 is 1.25 bits per heavy atom. The lowest BCUT2D eigenvalue weighted by Gasteiger charge is -2.15. The van der Waals surface area contributed by atoms with E-state index in [2.05, 4.69) is 21.2 Å². The molecule has 0 fully saturated rings. The highest BCUT2D eigenvalue weighted by atomic mass is 79.9. The highest BCUT2D eigenvalue weighted by molar-refractivity contribution is 9.10. The molecule has 0 bridgehead atoms. The van der Waals surface area contributed by atoms with E-state index < -0.39 is 11.7 Å². The molecule has 1 unspecified atom stereocenters. The minimum atomic E-state index is -4.28. The van der Waals surface area contributed by atoms with Gasteiger partial charge in [0, 0.05) is 27.3 Å². The van der Waals surface area contributed by atoms with Crippen molar-refractivity contribution in [2.24, 2.45) is 0 Å². The molecule has 1 aromatic heterocycles. The molecule has 0 saturated heterocycles. The average Bonchev–Trinajstić information content (AvgIpc) is 2.81. The van der Waals surface area contributed by atoms with E-state index in [0.29, 0.717) is 6.54 Å². The molecule has 1 nitrogen and oxygen atoms in total. The van der Waals surface area contributed by atoms with E-state index in [4.69, 9.17) is 0 Å². The van der Waals surface area contributed by atoms with E-state index in [1.165, 1.54) is 17.0 Å². The monoisotopic (exact) mass is 363 g/mol. The Morgan fingerprint density at radius 2 is 1.90 bits per heavy atom. The number of rotatable bonds is 4. The number of halogens is 4. The van der Waals surface area contributed by atoms with Gasteiger partial charge in [0.15, 0.2) is 0 Å². The number of alkyl halides is 3. The molecule has 0 spiro atoms. The van der Waals surface area contributed by atoms with E-state index >= 15 is 0 Å². The molecule has 1 aromatic carbocycles. The summed E-state index contributed by atoms with van der Waals surface area (Å²) >= 11 is 5.02. The molecule has 108 valence electrons. The van der Waals surface area contributed by atoms with Crippen molar-refractivity contribution in [2.75, 3.05) is 0 Å². The van der Waals surface area contributed by atoms with Crippen LogP contribution in [0.1, 0.15) is 29.0 Å². The number of nitrogens with one attached hydrogen (secondary N) is 1. The van der Waals surface area contributed by atoms with Crippen molar-refractivity contribution in [1.82, 2.24) is 5.32 Å². The van der Waals surface area contributed by atoms with Crippen LogP contribution in [0.2, 0.25) is 0 Å². The summed E-state index contributed by atoms with van der Waals surface area (Å²) in [5.74, 6) is 0. The van der Waals surface area contributed by atoms with Crippen molar-refractivity contribution >= 4 is 27.3 Å². The third-order valence-electron chi connectivity index (χ3n) is 2.94. The average molecular weight is 364 g/mol. The lowest BCUT2D eigenvalue weighted by atomic mass is 10.1. The van der Waals surface area contributed by atoms with Crippen LogP contribution in [0.15, 0.2) is 40.2 Å². The number of benzene rings is 1. The van der Waals surface area contributed by atoms with E-state index in [9.17, 15) is 13.2 Å². The maximum absolute atomic E-state index is 12.5. The van der Waals surface area contributed by atoms with Crippen LogP contribution in [-0.4, -0.2) is 0 Å². The summed E-state index contributed by atoms with van der Waals surface area (Å²) in [6.45, 7) is 2.63. The van der Waals surface area contributed by atoms with Gasteiger partial charge >= 0.3 is 6.18 Å². The first kappa shape index (κ1) is 15.5. The van der Waals surface area contributed by atoms with E-state index in [1.807, 2.05) is 18.4 Å². The van der Waals surface area contributed by atoms with Crippen LogP contribution >= 0.6 is 27.3 Å². The SMILES string of the molecule is CC(NCc1cc(Br)cs1)c1ccc(C(F)(F)F)cc1. The van der Waals surface area contributed by atoms with E-state index in [1.54, 1.807) is 11.3 Å². The Hall–Kier alpha value is -0.850. The highest BCUT2D eigenvalue weighted by Crippen LogP contribution is 2.30. The topological polar surface area (TPSA) is 12.0 Å². The Labute approximate surface area is 128 Å². The molecule has 20 heavy (non-hydrogen) atoms. The molecule has 0 aliphatic carbocycles. The molecule has 1 atom stereocenters. The van der Waals surface area contributed by atoms with Crippen molar-refractivity contribution in [3.8, 4) is 0 Å². The number of hydrogen-bond donors (Lipinski definition) is 1.